The summed E-state index contributed by atoms with van der Waals surface area (Å²) in [5.74, 6) is -0.724. The maximum absolute atomic E-state index is 11.6. The lowest BCUT2D eigenvalue weighted by Gasteiger charge is -2.07. The van der Waals surface area contributed by atoms with E-state index in [9.17, 15) is 9.59 Å². The standard InChI is InChI=1S/C11H10N4O4S/c16-9(17)5-19-8-3-1-2-7(4-8)13-10(18)14-11-15-12-6-20-11/h1-4,6H,5H2,(H,16,17)(H2,13,14,15,18). The van der Waals surface area contributed by atoms with E-state index < -0.39 is 18.6 Å². The van der Waals surface area contributed by atoms with Crippen LogP contribution in [0.3, 0.4) is 0 Å². The van der Waals surface area contributed by atoms with E-state index in [0.717, 1.165) is 0 Å². The Hall–Kier alpha value is -2.68. The molecule has 0 aliphatic heterocycles. The number of urea groups is 1. The van der Waals surface area contributed by atoms with E-state index in [0.29, 0.717) is 16.6 Å². The van der Waals surface area contributed by atoms with Crippen molar-refractivity contribution in [1.29, 1.82) is 0 Å². The second-order valence-corrected chi connectivity index (χ2v) is 4.37. The number of carbonyl (C=O) groups is 2. The highest BCUT2D eigenvalue weighted by Crippen LogP contribution is 2.17. The molecule has 1 heterocycles. The van der Waals surface area contributed by atoms with Crippen LogP contribution in [0.2, 0.25) is 0 Å². The van der Waals surface area contributed by atoms with Crippen LogP contribution in [0, 0.1) is 0 Å². The van der Waals surface area contributed by atoms with Crippen molar-refractivity contribution in [3.05, 3.63) is 29.8 Å². The molecule has 0 spiro atoms. The molecule has 2 rings (SSSR count). The summed E-state index contributed by atoms with van der Waals surface area (Å²) >= 11 is 1.19. The number of rotatable bonds is 5. The van der Waals surface area contributed by atoms with E-state index >= 15 is 0 Å². The highest BCUT2D eigenvalue weighted by atomic mass is 32.1. The van der Waals surface area contributed by atoms with Gasteiger partial charge in [0.1, 0.15) is 11.3 Å². The van der Waals surface area contributed by atoms with Crippen LogP contribution in [0.5, 0.6) is 5.75 Å². The largest absolute Gasteiger partial charge is 0.482 e. The summed E-state index contributed by atoms with van der Waals surface area (Å²) in [6, 6.07) is 5.92. The summed E-state index contributed by atoms with van der Waals surface area (Å²) in [7, 11) is 0. The molecule has 104 valence electrons. The molecule has 20 heavy (non-hydrogen) atoms. The molecule has 0 aliphatic carbocycles. The normalized spacial score (nSPS) is 9.80. The molecule has 2 amide bonds. The van der Waals surface area contributed by atoms with Crippen LogP contribution >= 0.6 is 11.3 Å². The minimum absolute atomic E-state index is 0.348. The number of anilines is 2. The van der Waals surface area contributed by atoms with Gasteiger partial charge in [0.2, 0.25) is 5.13 Å². The number of benzene rings is 1. The van der Waals surface area contributed by atoms with Gasteiger partial charge in [-0.25, -0.2) is 9.59 Å². The van der Waals surface area contributed by atoms with Crippen molar-refractivity contribution in [2.24, 2.45) is 0 Å². The van der Waals surface area contributed by atoms with Crippen LogP contribution in [-0.4, -0.2) is 33.9 Å². The lowest BCUT2D eigenvalue weighted by Crippen LogP contribution is -2.19. The molecule has 1 aromatic heterocycles. The number of hydrogen-bond acceptors (Lipinski definition) is 6. The highest BCUT2D eigenvalue weighted by Gasteiger charge is 2.06. The third-order valence-corrected chi connectivity index (χ3v) is 2.64. The predicted octanol–water partition coefficient (Wildman–Crippen LogP) is 1.65. The summed E-state index contributed by atoms with van der Waals surface area (Å²) in [5, 5.41) is 21.2. The molecule has 0 atom stereocenters. The minimum atomic E-state index is -1.07. The van der Waals surface area contributed by atoms with Gasteiger partial charge in [0, 0.05) is 11.8 Å². The first-order valence-corrected chi connectivity index (χ1v) is 6.30. The predicted molar refractivity (Wildman–Crippen MR) is 72.1 cm³/mol. The average Bonchev–Trinajstić information content (AvgIpc) is 2.89. The number of amides is 2. The molecular weight excluding hydrogens is 284 g/mol. The first kappa shape index (κ1) is 13.7. The summed E-state index contributed by atoms with van der Waals surface area (Å²) in [6.07, 6.45) is 0. The molecule has 1 aromatic carbocycles. The van der Waals surface area contributed by atoms with Gasteiger partial charge in [0.25, 0.3) is 0 Å². The Morgan fingerprint density at radius 3 is 2.90 bits per heavy atom. The van der Waals surface area contributed by atoms with Crippen molar-refractivity contribution in [3.8, 4) is 5.75 Å². The van der Waals surface area contributed by atoms with E-state index in [2.05, 4.69) is 20.8 Å². The highest BCUT2D eigenvalue weighted by molar-refractivity contribution is 7.13. The fraction of sp³-hybridized carbons (Fsp3) is 0.0909. The Kier molecular flexibility index (Phi) is 4.45. The summed E-state index contributed by atoms with van der Waals surface area (Å²) in [4.78, 5) is 22.0. The van der Waals surface area contributed by atoms with E-state index in [4.69, 9.17) is 9.84 Å². The van der Waals surface area contributed by atoms with Crippen molar-refractivity contribution in [1.82, 2.24) is 10.2 Å². The van der Waals surface area contributed by atoms with Crippen LogP contribution in [0.1, 0.15) is 0 Å². The minimum Gasteiger partial charge on any atom is -0.482 e. The lowest BCUT2D eigenvalue weighted by atomic mass is 10.3. The third kappa shape index (κ3) is 4.21. The van der Waals surface area contributed by atoms with E-state index in [1.165, 1.54) is 22.9 Å². The molecule has 8 nitrogen and oxygen atoms in total. The van der Waals surface area contributed by atoms with Gasteiger partial charge in [-0.3, -0.25) is 5.32 Å². The summed E-state index contributed by atoms with van der Waals surface area (Å²) < 4.78 is 5.00. The number of aromatic nitrogens is 2. The van der Waals surface area contributed by atoms with Gasteiger partial charge >= 0.3 is 12.0 Å². The fourth-order valence-corrected chi connectivity index (χ4v) is 1.74. The Morgan fingerprint density at radius 1 is 1.35 bits per heavy atom. The molecule has 0 bridgehead atoms. The number of carbonyl (C=O) groups excluding carboxylic acids is 1. The van der Waals surface area contributed by atoms with Crippen molar-refractivity contribution in [2.45, 2.75) is 0 Å². The molecule has 0 saturated heterocycles. The number of carboxylic acids is 1. The second-order valence-electron chi connectivity index (χ2n) is 3.53. The Bertz CT molecular complexity index is 602. The van der Waals surface area contributed by atoms with Crippen molar-refractivity contribution in [3.63, 3.8) is 0 Å². The van der Waals surface area contributed by atoms with Gasteiger partial charge < -0.3 is 15.2 Å². The molecular formula is C11H10N4O4S. The third-order valence-electron chi connectivity index (χ3n) is 2.03. The fourth-order valence-electron chi connectivity index (χ4n) is 1.30. The van der Waals surface area contributed by atoms with Gasteiger partial charge in [0.15, 0.2) is 6.61 Å². The monoisotopic (exact) mass is 294 g/mol. The quantitative estimate of drug-likeness (QED) is 0.772. The van der Waals surface area contributed by atoms with E-state index in [1.54, 1.807) is 18.2 Å². The zero-order valence-electron chi connectivity index (χ0n) is 10.1. The van der Waals surface area contributed by atoms with Crippen LogP contribution in [0.25, 0.3) is 0 Å². The van der Waals surface area contributed by atoms with Crippen LogP contribution < -0.4 is 15.4 Å². The van der Waals surface area contributed by atoms with E-state index in [-0.39, 0.29) is 0 Å². The summed E-state index contributed by atoms with van der Waals surface area (Å²) in [6.45, 7) is -0.444. The number of hydrogen-bond donors (Lipinski definition) is 3. The topological polar surface area (TPSA) is 113 Å². The maximum Gasteiger partial charge on any atom is 0.341 e. The molecule has 3 N–H and O–H groups in total. The van der Waals surface area contributed by atoms with Gasteiger partial charge in [-0.1, -0.05) is 17.4 Å². The van der Waals surface area contributed by atoms with Crippen molar-refractivity contribution >= 4 is 34.2 Å². The average molecular weight is 294 g/mol. The first-order valence-electron chi connectivity index (χ1n) is 5.42. The number of nitrogens with zero attached hydrogens (tertiary/aromatic N) is 2. The van der Waals surface area contributed by atoms with E-state index in [1.807, 2.05) is 0 Å². The molecule has 2 aromatic rings. The SMILES string of the molecule is O=C(O)COc1cccc(NC(=O)Nc2nncs2)c1. The summed E-state index contributed by atoms with van der Waals surface area (Å²) in [5.41, 5.74) is 1.96. The molecule has 0 saturated carbocycles. The van der Waals surface area contributed by atoms with Gasteiger partial charge in [-0.2, -0.15) is 0 Å². The smallest absolute Gasteiger partial charge is 0.341 e. The molecule has 0 radical (unpaired) electrons. The van der Waals surface area contributed by atoms with Crippen LogP contribution in [-0.2, 0) is 4.79 Å². The zero-order valence-corrected chi connectivity index (χ0v) is 10.9. The Labute approximate surface area is 117 Å². The number of carboxylic acid groups (broad SMARTS) is 1. The Morgan fingerprint density at radius 2 is 2.20 bits per heavy atom. The first-order chi connectivity index (χ1) is 9.63. The zero-order chi connectivity index (χ0) is 14.4. The van der Waals surface area contributed by atoms with Crippen molar-refractivity contribution in [2.75, 3.05) is 17.2 Å². The Balaban J connectivity index is 1.93. The second kappa shape index (κ2) is 6.48. The van der Waals surface area contributed by atoms with Crippen LogP contribution in [0.4, 0.5) is 15.6 Å². The molecule has 0 unspecified atom stereocenters. The number of aliphatic carboxylic acids is 1. The maximum atomic E-state index is 11.6. The lowest BCUT2D eigenvalue weighted by molar-refractivity contribution is -0.139. The number of ether oxygens (including phenoxy) is 1. The van der Waals surface area contributed by atoms with Crippen molar-refractivity contribution < 1.29 is 19.4 Å². The van der Waals surface area contributed by atoms with Gasteiger partial charge in [0.05, 0.1) is 0 Å². The molecule has 0 fully saturated rings. The van der Waals surface area contributed by atoms with Gasteiger partial charge in [-0.05, 0) is 12.1 Å². The molecule has 0 aliphatic rings. The van der Waals surface area contributed by atoms with Gasteiger partial charge in [-0.15, -0.1) is 10.2 Å². The van der Waals surface area contributed by atoms with Crippen LogP contribution in [0.15, 0.2) is 29.8 Å². The number of nitrogens with one attached hydrogen (secondary N) is 2. The molecule has 9 heteroatoms.